The van der Waals surface area contributed by atoms with Crippen LogP contribution in [-0.4, -0.2) is 31.2 Å². The van der Waals surface area contributed by atoms with Crippen LogP contribution >= 0.6 is 0 Å². The van der Waals surface area contributed by atoms with Gasteiger partial charge < -0.3 is 16.0 Å². The van der Waals surface area contributed by atoms with Gasteiger partial charge in [-0.15, -0.1) is 0 Å². The molecular weight excluding hydrogens is 336 g/mol. The summed E-state index contributed by atoms with van der Waals surface area (Å²) in [5, 5.41) is 3.07. The first-order chi connectivity index (χ1) is 12.5. The molecule has 0 saturated heterocycles. The molecule has 8 nitrogen and oxygen atoms in total. The SMILES string of the molecule is CNC(=O)ON(OC(=O)N(C)Cc1ccccc1)c1ccc(CN)cc1. The van der Waals surface area contributed by atoms with Crippen LogP contribution in [0.15, 0.2) is 54.6 Å². The van der Waals surface area contributed by atoms with E-state index in [1.807, 2.05) is 30.3 Å². The third-order valence-electron chi connectivity index (χ3n) is 3.49. The molecule has 2 amide bonds. The van der Waals surface area contributed by atoms with Crippen molar-refractivity contribution in [3.63, 3.8) is 0 Å². The van der Waals surface area contributed by atoms with E-state index < -0.39 is 12.2 Å². The highest BCUT2D eigenvalue weighted by Gasteiger charge is 2.20. The van der Waals surface area contributed by atoms with Crippen LogP contribution in [0.1, 0.15) is 11.1 Å². The van der Waals surface area contributed by atoms with Crippen molar-refractivity contribution in [2.75, 3.05) is 19.3 Å². The average molecular weight is 358 g/mol. The Morgan fingerprint density at radius 3 is 2.23 bits per heavy atom. The largest absolute Gasteiger partial charge is 0.436 e. The fourth-order valence-electron chi connectivity index (χ4n) is 2.06. The zero-order valence-electron chi connectivity index (χ0n) is 14.7. The molecule has 138 valence electrons. The van der Waals surface area contributed by atoms with Gasteiger partial charge in [-0.05, 0) is 28.5 Å². The Kier molecular flexibility index (Phi) is 6.81. The van der Waals surface area contributed by atoms with E-state index in [4.69, 9.17) is 15.4 Å². The quantitative estimate of drug-likeness (QED) is 0.770. The standard InChI is InChI=1S/C18H22N4O4/c1-20-17(23)25-22(16-10-8-14(12-19)9-11-16)26-18(24)21(2)13-15-6-4-3-5-7-15/h3-11H,12-13,19H2,1-2H3,(H,20,23). The van der Waals surface area contributed by atoms with Gasteiger partial charge in [0.2, 0.25) is 0 Å². The molecule has 0 aliphatic rings. The summed E-state index contributed by atoms with van der Waals surface area (Å²) in [6.45, 7) is 0.718. The number of nitrogens with one attached hydrogen (secondary N) is 1. The summed E-state index contributed by atoms with van der Waals surface area (Å²) in [5.41, 5.74) is 7.77. The van der Waals surface area contributed by atoms with Crippen LogP contribution in [-0.2, 0) is 22.8 Å². The van der Waals surface area contributed by atoms with Crippen molar-refractivity contribution in [1.82, 2.24) is 10.2 Å². The average Bonchev–Trinajstić information content (AvgIpc) is 2.68. The number of amides is 2. The lowest BCUT2D eigenvalue weighted by Crippen LogP contribution is -2.38. The second kappa shape index (κ2) is 9.28. The minimum atomic E-state index is -0.772. The lowest BCUT2D eigenvalue weighted by Gasteiger charge is -2.24. The Bertz CT molecular complexity index is 722. The van der Waals surface area contributed by atoms with Gasteiger partial charge in [0.15, 0.2) is 0 Å². The van der Waals surface area contributed by atoms with Crippen molar-refractivity contribution < 1.29 is 19.3 Å². The highest BCUT2D eigenvalue weighted by molar-refractivity contribution is 5.71. The number of hydrogen-bond acceptors (Lipinski definition) is 6. The molecule has 0 fully saturated rings. The summed E-state index contributed by atoms with van der Waals surface area (Å²) >= 11 is 0. The van der Waals surface area contributed by atoms with Crippen LogP contribution in [0.3, 0.4) is 0 Å². The van der Waals surface area contributed by atoms with Gasteiger partial charge in [0.05, 0.1) is 0 Å². The van der Waals surface area contributed by atoms with Gasteiger partial charge >= 0.3 is 12.2 Å². The molecule has 0 radical (unpaired) electrons. The smallest absolute Gasteiger partial charge is 0.326 e. The number of anilines is 1. The van der Waals surface area contributed by atoms with Crippen LogP contribution in [0, 0.1) is 0 Å². The number of nitrogens with zero attached hydrogens (tertiary/aromatic N) is 2. The number of nitrogens with two attached hydrogens (primary N) is 1. The van der Waals surface area contributed by atoms with E-state index in [1.165, 1.54) is 11.9 Å². The zero-order chi connectivity index (χ0) is 18.9. The third-order valence-corrected chi connectivity index (χ3v) is 3.49. The first-order valence-corrected chi connectivity index (χ1v) is 7.99. The van der Waals surface area contributed by atoms with E-state index in [0.717, 1.165) is 16.4 Å². The van der Waals surface area contributed by atoms with Gasteiger partial charge in [-0.25, -0.2) is 9.59 Å². The normalized spacial score (nSPS) is 9.96. The van der Waals surface area contributed by atoms with E-state index in [2.05, 4.69) is 5.32 Å². The van der Waals surface area contributed by atoms with Gasteiger partial charge in [-0.1, -0.05) is 42.5 Å². The molecule has 0 aromatic heterocycles. The molecule has 0 atom stereocenters. The van der Waals surface area contributed by atoms with Gasteiger partial charge in [0.25, 0.3) is 0 Å². The molecular formula is C18H22N4O4. The molecule has 2 rings (SSSR count). The number of benzene rings is 2. The molecule has 0 heterocycles. The zero-order valence-corrected chi connectivity index (χ0v) is 14.7. The Balaban J connectivity index is 2.09. The number of carbonyl (C=O) groups excluding carboxylic acids is 2. The van der Waals surface area contributed by atoms with Crippen molar-refractivity contribution in [3.05, 3.63) is 65.7 Å². The molecule has 8 heteroatoms. The molecule has 26 heavy (non-hydrogen) atoms. The number of rotatable bonds is 6. The summed E-state index contributed by atoms with van der Waals surface area (Å²) in [6, 6.07) is 16.2. The Morgan fingerprint density at radius 2 is 1.65 bits per heavy atom. The Hall–Kier alpha value is -3.26. The monoisotopic (exact) mass is 358 g/mol. The first-order valence-electron chi connectivity index (χ1n) is 7.99. The van der Waals surface area contributed by atoms with Crippen LogP contribution in [0.2, 0.25) is 0 Å². The lowest BCUT2D eigenvalue weighted by molar-refractivity contribution is -0.0206. The predicted molar refractivity (Wildman–Crippen MR) is 96.7 cm³/mol. The lowest BCUT2D eigenvalue weighted by atomic mass is 10.2. The van der Waals surface area contributed by atoms with Gasteiger partial charge in [-0.3, -0.25) is 9.68 Å². The predicted octanol–water partition coefficient (Wildman–Crippen LogP) is 2.41. The molecule has 0 aliphatic heterocycles. The first kappa shape index (κ1) is 19.1. The van der Waals surface area contributed by atoms with Crippen molar-refractivity contribution in [2.24, 2.45) is 5.73 Å². The van der Waals surface area contributed by atoms with Crippen LogP contribution in [0.5, 0.6) is 0 Å². The van der Waals surface area contributed by atoms with Crippen molar-refractivity contribution in [3.8, 4) is 0 Å². The van der Waals surface area contributed by atoms with Crippen molar-refractivity contribution in [2.45, 2.75) is 13.1 Å². The van der Waals surface area contributed by atoms with E-state index >= 15 is 0 Å². The minimum Gasteiger partial charge on any atom is -0.326 e. The van der Waals surface area contributed by atoms with E-state index in [0.29, 0.717) is 18.8 Å². The minimum absolute atomic E-state index is 0.347. The summed E-state index contributed by atoms with van der Waals surface area (Å²) in [4.78, 5) is 35.5. The van der Waals surface area contributed by atoms with E-state index in [1.54, 1.807) is 31.3 Å². The maximum absolute atomic E-state index is 12.4. The number of hydrogen-bond donors (Lipinski definition) is 2. The van der Waals surface area contributed by atoms with Gasteiger partial charge in [-0.2, -0.15) is 0 Å². The highest BCUT2D eigenvalue weighted by Crippen LogP contribution is 2.17. The topological polar surface area (TPSA) is 97.1 Å². The number of carbonyl (C=O) groups is 2. The summed E-state index contributed by atoms with van der Waals surface area (Å²) in [6.07, 6.45) is -1.45. The summed E-state index contributed by atoms with van der Waals surface area (Å²) < 4.78 is 0. The second-order valence-electron chi connectivity index (χ2n) is 5.46. The fourth-order valence-corrected chi connectivity index (χ4v) is 2.06. The Labute approximate surface area is 152 Å². The molecule has 0 aliphatic carbocycles. The summed E-state index contributed by atoms with van der Waals surface area (Å²) in [5.74, 6) is 0. The molecule has 0 spiro atoms. The van der Waals surface area contributed by atoms with Crippen LogP contribution < -0.4 is 16.3 Å². The fraction of sp³-hybridized carbons (Fsp3) is 0.222. The van der Waals surface area contributed by atoms with Crippen molar-refractivity contribution in [1.29, 1.82) is 0 Å². The molecule has 3 N–H and O–H groups in total. The maximum Gasteiger partial charge on any atom is 0.436 e. The van der Waals surface area contributed by atoms with Gasteiger partial charge in [0, 0.05) is 27.2 Å². The van der Waals surface area contributed by atoms with Gasteiger partial charge in [0.1, 0.15) is 5.69 Å². The van der Waals surface area contributed by atoms with Crippen LogP contribution in [0.25, 0.3) is 0 Å². The molecule has 0 unspecified atom stereocenters. The molecule has 2 aromatic rings. The van der Waals surface area contributed by atoms with E-state index in [-0.39, 0.29) is 0 Å². The molecule has 0 bridgehead atoms. The maximum atomic E-state index is 12.4. The highest BCUT2D eigenvalue weighted by atomic mass is 17.0. The Morgan fingerprint density at radius 1 is 1.00 bits per heavy atom. The van der Waals surface area contributed by atoms with E-state index in [9.17, 15) is 9.59 Å². The van der Waals surface area contributed by atoms with Crippen LogP contribution in [0.4, 0.5) is 15.3 Å². The molecule has 0 saturated carbocycles. The summed E-state index contributed by atoms with van der Waals surface area (Å²) in [7, 11) is 2.99. The second-order valence-corrected chi connectivity index (χ2v) is 5.46. The molecule has 2 aromatic carbocycles. The third kappa shape index (κ3) is 5.38. The van der Waals surface area contributed by atoms with Crippen molar-refractivity contribution >= 4 is 17.9 Å².